The van der Waals surface area contributed by atoms with Gasteiger partial charge in [0, 0.05) is 6.04 Å². The van der Waals surface area contributed by atoms with Crippen LogP contribution in [0, 0.1) is 5.92 Å². The maximum absolute atomic E-state index is 10.9. The molecule has 0 aliphatic rings. The second-order valence-electron chi connectivity index (χ2n) is 3.32. The summed E-state index contributed by atoms with van der Waals surface area (Å²) in [6.07, 6.45) is 1.85. The molecule has 0 fully saturated rings. The van der Waals surface area contributed by atoms with E-state index in [1.54, 1.807) is 0 Å². The lowest BCUT2D eigenvalue weighted by Gasteiger charge is -2.20. The van der Waals surface area contributed by atoms with Gasteiger partial charge < -0.3 is 5.73 Å². The Morgan fingerprint density at radius 3 is 2.17 bits per heavy atom. The van der Waals surface area contributed by atoms with Gasteiger partial charge in [0.05, 0.1) is 6.26 Å². The van der Waals surface area contributed by atoms with Crippen molar-refractivity contribution in [1.29, 1.82) is 0 Å². The van der Waals surface area contributed by atoms with E-state index in [1.807, 2.05) is 13.8 Å². The number of sulfonamides is 1. The van der Waals surface area contributed by atoms with E-state index in [0.717, 1.165) is 0 Å². The molecule has 0 bridgehead atoms. The van der Waals surface area contributed by atoms with E-state index in [4.69, 9.17) is 5.73 Å². The first-order chi connectivity index (χ1) is 5.37. The SMILES string of the molecule is CC(C)C(CCN)NS(C)(=O)=O. The Kier molecular flexibility index (Phi) is 4.74. The molecule has 12 heavy (non-hydrogen) atoms. The Morgan fingerprint density at radius 1 is 1.42 bits per heavy atom. The van der Waals surface area contributed by atoms with Crippen molar-refractivity contribution in [3.8, 4) is 0 Å². The molecular formula is C7H18N2O2S. The van der Waals surface area contributed by atoms with Gasteiger partial charge in [-0.1, -0.05) is 13.8 Å². The van der Waals surface area contributed by atoms with Gasteiger partial charge in [-0.15, -0.1) is 0 Å². The highest BCUT2D eigenvalue weighted by Gasteiger charge is 2.15. The zero-order valence-electron chi connectivity index (χ0n) is 7.87. The molecule has 1 atom stereocenters. The van der Waals surface area contributed by atoms with E-state index in [2.05, 4.69) is 4.72 Å². The van der Waals surface area contributed by atoms with Crippen LogP contribution in [0.1, 0.15) is 20.3 Å². The molecule has 5 heteroatoms. The van der Waals surface area contributed by atoms with Crippen LogP contribution in [0.3, 0.4) is 0 Å². The molecule has 0 saturated heterocycles. The quantitative estimate of drug-likeness (QED) is 0.642. The Balaban J connectivity index is 4.14. The number of nitrogens with two attached hydrogens (primary N) is 1. The average Bonchev–Trinajstić information content (AvgIpc) is 1.83. The third kappa shape index (κ3) is 5.51. The van der Waals surface area contributed by atoms with Crippen molar-refractivity contribution in [3.63, 3.8) is 0 Å². The van der Waals surface area contributed by atoms with Gasteiger partial charge in [0.2, 0.25) is 10.0 Å². The predicted molar refractivity (Wildman–Crippen MR) is 50.3 cm³/mol. The Bertz CT molecular complexity index is 211. The highest BCUT2D eigenvalue weighted by Crippen LogP contribution is 2.05. The Morgan fingerprint density at radius 2 is 1.92 bits per heavy atom. The summed E-state index contributed by atoms with van der Waals surface area (Å²) in [6.45, 7) is 4.45. The van der Waals surface area contributed by atoms with Crippen molar-refractivity contribution in [2.75, 3.05) is 12.8 Å². The van der Waals surface area contributed by atoms with Gasteiger partial charge >= 0.3 is 0 Å². The third-order valence-electron chi connectivity index (χ3n) is 1.65. The van der Waals surface area contributed by atoms with Crippen LogP contribution in [-0.2, 0) is 10.0 Å². The van der Waals surface area contributed by atoms with Crippen LogP contribution in [-0.4, -0.2) is 27.3 Å². The van der Waals surface area contributed by atoms with E-state index >= 15 is 0 Å². The van der Waals surface area contributed by atoms with E-state index in [1.165, 1.54) is 6.26 Å². The lowest BCUT2D eigenvalue weighted by molar-refractivity contribution is 0.430. The molecule has 74 valence electrons. The van der Waals surface area contributed by atoms with E-state index < -0.39 is 10.0 Å². The van der Waals surface area contributed by atoms with Gasteiger partial charge in [-0.3, -0.25) is 0 Å². The molecule has 0 aliphatic heterocycles. The second kappa shape index (κ2) is 4.79. The first-order valence-electron chi connectivity index (χ1n) is 4.04. The summed E-state index contributed by atoms with van der Waals surface area (Å²) in [5.41, 5.74) is 5.35. The van der Waals surface area contributed by atoms with Crippen LogP contribution in [0.4, 0.5) is 0 Å². The van der Waals surface area contributed by atoms with Crippen molar-refractivity contribution < 1.29 is 8.42 Å². The molecule has 0 radical (unpaired) electrons. The van der Waals surface area contributed by atoms with Gasteiger partial charge in [0.1, 0.15) is 0 Å². The van der Waals surface area contributed by atoms with Crippen LogP contribution in [0.2, 0.25) is 0 Å². The molecule has 0 heterocycles. The third-order valence-corrected chi connectivity index (χ3v) is 2.38. The second-order valence-corrected chi connectivity index (χ2v) is 5.10. The van der Waals surface area contributed by atoms with Crippen LogP contribution in [0.25, 0.3) is 0 Å². The van der Waals surface area contributed by atoms with Crippen molar-refractivity contribution in [3.05, 3.63) is 0 Å². The Labute approximate surface area is 74.6 Å². The molecule has 3 N–H and O–H groups in total. The van der Waals surface area contributed by atoms with Crippen LogP contribution in [0.5, 0.6) is 0 Å². The highest BCUT2D eigenvalue weighted by atomic mass is 32.2. The summed E-state index contributed by atoms with van der Waals surface area (Å²) in [7, 11) is -3.10. The van der Waals surface area contributed by atoms with Crippen molar-refractivity contribution in [1.82, 2.24) is 4.72 Å². The standard InChI is InChI=1S/C7H18N2O2S/c1-6(2)7(4-5-8)9-12(3,10)11/h6-7,9H,4-5,8H2,1-3H3. The smallest absolute Gasteiger partial charge is 0.208 e. The number of nitrogens with one attached hydrogen (secondary N) is 1. The summed E-state index contributed by atoms with van der Waals surface area (Å²) in [4.78, 5) is 0. The van der Waals surface area contributed by atoms with Crippen LogP contribution >= 0.6 is 0 Å². The van der Waals surface area contributed by atoms with Crippen molar-refractivity contribution in [2.45, 2.75) is 26.3 Å². The molecule has 0 aromatic heterocycles. The molecule has 0 amide bonds. The minimum Gasteiger partial charge on any atom is -0.330 e. The predicted octanol–water partition coefficient (Wildman–Crippen LogP) is -0.0910. The topological polar surface area (TPSA) is 72.2 Å². The number of hydrogen-bond acceptors (Lipinski definition) is 3. The van der Waals surface area contributed by atoms with Gasteiger partial charge in [-0.05, 0) is 18.9 Å². The molecular weight excluding hydrogens is 176 g/mol. The van der Waals surface area contributed by atoms with E-state index in [9.17, 15) is 8.42 Å². The molecule has 0 aromatic rings. The maximum atomic E-state index is 10.9. The van der Waals surface area contributed by atoms with Gasteiger partial charge in [0.15, 0.2) is 0 Å². The minimum absolute atomic E-state index is 0.0370. The summed E-state index contributed by atoms with van der Waals surface area (Å²) < 4.78 is 24.3. The average molecular weight is 194 g/mol. The summed E-state index contributed by atoms with van der Waals surface area (Å²) in [5, 5.41) is 0. The highest BCUT2D eigenvalue weighted by molar-refractivity contribution is 7.88. The molecule has 4 nitrogen and oxygen atoms in total. The fraction of sp³-hybridized carbons (Fsp3) is 1.00. The van der Waals surface area contributed by atoms with Gasteiger partial charge in [-0.2, -0.15) is 0 Å². The molecule has 0 spiro atoms. The first kappa shape index (κ1) is 11.9. The monoisotopic (exact) mass is 194 g/mol. The molecule has 0 saturated carbocycles. The first-order valence-corrected chi connectivity index (χ1v) is 5.93. The molecule has 0 rings (SSSR count). The van der Waals surface area contributed by atoms with Gasteiger partial charge in [-0.25, -0.2) is 13.1 Å². The van der Waals surface area contributed by atoms with E-state index in [0.29, 0.717) is 13.0 Å². The van der Waals surface area contributed by atoms with Crippen LogP contribution < -0.4 is 10.5 Å². The normalized spacial score (nSPS) is 15.1. The van der Waals surface area contributed by atoms with E-state index in [-0.39, 0.29) is 12.0 Å². The van der Waals surface area contributed by atoms with Crippen molar-refractivity contribution in [2.24, 2.45) is 11.7 Å². The van der Waals surface area contributed by atoms with Gasteiger partial charge in [0.25, 0.3) is 0 Å². The fourth-order valence-electron chi connectivity index (χ4n) is 0.983. The lowest BCUT2D eigenvalue weighted by atomic mass is 10.0. The molecule has 0 aromatic carbocycles. The zero-order chi connectivity index (χ0) is 9.78. The molecule has 1 unspecified atom stereocenters. The molecule has 0 aliphatic carbocycles. The summed E-state index contributed by atoms with van der Waals surface area (Å²) in [6, 6.07) is -0.0370. The summed E-state index contributed by atoms with van der Waals surface area (Å²) in [5.74, 6) is 0.281. The largest absolute Gasteiger partial charge is 0.330 e. The minimum atomic E-state index is -3.10. The number of hydrogen-bond donors (Lipinski definition) is 2. The zero-order valence-corrected chi connectivity index (χ0v) is 8.69. The number of rotatable bonds is 5. The maximum Gasteiger partial charge on any atom is 0.208 e. The Hall–Kier alpha value is -0.130. The van der Waals surface area contributed by atoms with Crippen molar-refractivity contribution >= 4 is 10.0 Å². The fourth-order valence-corrected chi connectivity index (χ4v) is 1.92. The summed E-state index contributed by atoms with van der Waals surface area (Å²) >= 11 is 0. The lowest BCUT2D eigenvalue weighted by Crippen LogP contribution is -2.39. The van der Waals surface area contributed by atoms with Crippen LogP contribution in [0.15, 0.2) is 0 Å².